The van der Waals surface area contributed by atoms with E-state index in [1.54, 1.807) is 6.92 Å². The molecular weight excluding hydrogens is 368 g/mol. The molecule has 0 aromatic heterocycles. The lowest BCUT2D eigenvalue weighted by atomic mass is 9.99. The summed E-state index contributed by atoms with van der Waals surface area (Å²) in [5.41, 5.74) is 1.17. The molecule has 0 N–H and O–H groups in total. The van der Waals surface area contributed by atoms with E-state index in [-0.39, 0.29) is 17.4 Å². The van der Waals surface area contributed by atoms with Gasteiger partial charge in [0.2, 0.25) is 0 Å². The molecular formula is C12H16Br2O2S. The quantitative estimate of drug-likeness (QED) is 0.701. The van der Waals surface area contributed by atoms with Gasteiger partial charge in [-0.05, 0) is 30.0 Å². The summed E-state index contributed by atoms with van der Waals surface area (Å²) < 4.78 is 24.0. The third-order valence-corrected chi connectivity index (χ3v) is 5.74. The van der Waals surface area contributed by atoms with Gasteiger partial charge in [0.25, 0.3) is 0 Å². The smallest absolute Gasteiger partial charge is 0.150 e. The summed E-state index contributed by atoms with van der Waals surface area (Å²) in [5.74, 6) is 0.723. The number of halogens is 2. The Labute approximate surface area is 120 Å². The Kier molecular flexibility index (Phi) is 6.17. The molecule has 0 aliphatic carbocycles. The van der Waals surface area contributed by atoms with Gasteiger partial charge in [-0.3, -0.25) is 0 Å². The van der Waals surface area contributed by atoms with Crippen LogP contribution in [0.3, 0.4) is 0 Å². The Morgan fingerprint density at radius 1 is 1.35 bits per heavy atom. The highest BCUT2D eigenvalue weighted by Crippen LogP contribution is 2.25. The van der Waals surface area contributed by atoms with Crippen LogP contribution in [0.2, 0.25) is 0 Å². The second-order valence-corrected chi connectivity index (χ2v) is 7.97. The van der Waals surface area contributed by atoms with Gasteiger partial charge in [0, 0.05) is 15.6 Å². The summed E-state index contributed by atoms with van der Waals surface area (Å²) in [6, 6.07) is 8.03. The Morgan fingerprint density at radius 2 is 2.06 bits per heavy atom. The van der Waals surface area contributed by atoms with Gasteiger partial charge in [-0.25, -0.2) is 8.42 Å². The highest BCUT2D eigenvalue weighted by molar-refractivity contribution is 9.10. The van der Waals surface area contributed by atoms with E-state index in [2.05, 4.69) is 31.9 Å². The van der Waals surface area contributed by atoms with Crippen molar-refractivity contribution in [3.8, 4) is 0 Å². The molecule has 0 amide bonds. The van der Waals surface area contributed by atoms with Crippen molar-refractivity contribution in [1.82, 2.24) is 0 Å². The van der Waals surface area contributed by atoms with Gasteiger partial charge in [0.05, 0.1) is 5.75 Å². The minimum absolute atomic E-state index is 0.223. The molecule has 0 spiro atoms. The molecule has 0 aliphatic rings. The van der Waals surface area contributed by atoms with Crippen molar-refractivity contribution in [2.45, 2.75) is 19.3 Å². The zero-order chi connectivity index (χ0) is 12.9. The van der Waals surface area contributed by atoms with Gasteiger partial charge in [0.1, 0.15) is 9.84 Å². The third kappa shape index (κ3) is 5.10. The molecule has 1 unspecified atom stereocenters. The van der Waals surface area contributed by atoms with Crippen LogP contribution in [0.5, 0.6) is 0 Å². The fourth-order valence-corrected chi connectivity index (χ4v) is 3.61. The van der Waals surface area contributed by atoms with Crippen LogP contribution in [0.1, 0.15) is 24.8 Å². The molecule has 17 heavy (non-hydrogen) atoms. The van der Waals surface area contributed by atoms with Gasteiger partial charge >= 0.3 is 0 Å². The highest BCUT2D eigenvalue weighted by atomic mass is 79.9. The molecule has 5 heteroatoms. The molecule has 96 valence electrons. The predicted octanol–water partition coefficient (Wildman–Crippen LogP) is 3.75. The fraction of sp³-hybridized carbons (Fsp3) is 0.500. The van der Waals surface area contributed by atoms with Crippen molar-refractivity contribution >= 4 is 41.7 Å². The van der Waals surface area contributed by atoms with E-state index in [1.165, 1.54) is 5.56 Å². The van der Waals surface area contributed by atoms with Gasteiger partial charge in [0.15, 0.2) is 0 Å². The molecule has 0 fully saturated rings. The second kappa shape index (κ2) is 6.90. The predicted molar refractivity (Wildman–Crippen MR) is 79.6 cm³/mol. The molecule has 0 heterocycles. The van der Waals surface area contributed by atoms with Crippen LogP contribution in [0.25, 0.3) is 0 Å². The Morgan fingerprint density at radius 3 is 2.59 bits per heavy atom. The third-order valence-electron chi connectivity index (χ3n) is 2.72. The molecule has 1 atom stereocenters. The lowest BCUT2D eigenvalue weighted by Gasteiger charge is -2.14. The standard InChI is InChI=1S/C12H16Br2O2S/c1-2-17(15,16)7-6-11(9-13)10-4-3-5-12(14)8-10/h3-5,8,11H,2,6-7,9H2,1H3. The number of sulfone groups is 1. The van der Waals surface area contributed by atoms with E-state index >= 15 is 0 Å². The van der Waals surface area contributed by atoms with Crippen molar-refractivity contribution in [2.24, 2.45) is 0 Å². The Bertz CT molecular complexity index is 457. The minimum atomic E-state index is -2.88. The van der Waals surface area contributed by atoms with Crippen LogP contribution in [-0.4, -0.2) is 25.3 Å². The second-order valence-electron chi connectivity index (χ2n) is 3.93. The van der Waals surface area contributed by atoms with E-state index in [0.29, 0.717) is 6.42 Å². The largest absolute Gasteiger partial charge is 0.229 e. The van der Waals surface area contributed by atoms with E-state index < -0.39 is 9.84 Å². The maximum atomic E-state index is 11.5. The molecule has 0 saturated heterocycles. The van der Waals surface area contributed by atoms with Crippen molar-refractivity contribution < 1.29 is 8.42 Å². The first-order chi connectivity index (χ1) is 7.98. The number of hydrogen-bond donors (Lipinski definition) is 0. The lowest BCUT2D eigenvalue weighted by molar-refractivity contribution is 0.590. The average molecular weight is 384 g/mol. The van der Waals surface area contributed by atoms with Crippen LogP contribution in [0.15, 0.2) is 28.7 Å². The van der Waals surface area contributed by atoms with Crippen molar-refractivity contribution in [2.75, 3.05) is 16.8 Å². The van der Waals surface area contributed by atoms with Crippen LogP contribution in [0.4, 0.5) is 0 Å². The first-order valence-electron chi connectivity index (χ1n) is 5.50. The lowest BCUT2D eigenvalue weighted by Crippen LogP contribution is -2.13. The van der Waals surface area contributed by atoms with E-state index in [1.807, 2.05) is 24.3 Å². The van der Waals surface area contributed by atoms with Crippen molar-refractivity contribution in [3.63, 3.8) is 0 Å². The summed E-state index contributed by atoms with van der Waals surface area (Å²) in [7, 11) is -2.88. The molecule has 0 saturated carbocycles. The van der Waals surface area contributed by atoms with E-state index in [9.17, 15) is 8.42 Å². The van der Waals surface area contributed by atoms with Crippen molar-refractivity contribution in [3.05, 3.63) is 34.3 Å². The SMILES string of the molecule is CCS(=O)(=O)CCC(CBr)c1cccc(Br)c1. The van der Waals surface area contributed by atoms with Crippen LogP contribution in [0, 0.1) is 0 Å². The number of rotatable bonds is 6. The summed E-state index contributed by atoms with van der Waals surface area (Å²) in [4.78, 5) is 0. The number of hydrogen-bond acceptors (Lipinski definition) is 2. The highest BCUT2D eigenvalue weighted by Gasteiger charge is 2.15. The molecule has 1 aromatic carbocycles. The normalized spacial score (nSPS) is 13.6. The zero-order valence-electron chi connectivity index (χ0n) is 9.70. The van der Waals surface area contributed by atoms with E-state index in [4.69, 9.17) is 0 Å². The van der Waals surface area contributed by atoms with Crippen LogP contribution in [-0.2, 0) is 9.84 Å². The zero-order valence-corrected chi connectivity index (χ0v) is 13.7. The monoisotopic (exact) mass is 382 g/mol. The maximum Gasteiger partial charge on any atom is 0.150 e. The summed E-state index contributed by atoms with van der Waals surface area (Å²) in [5, 5.41) is 0.780. The van der Waals surface area contributed by atoms with Crippen LogP contribution >= 0.6 is 31.9 Å². The van der Waals surface area contributed by atoms with Crippen LogP contribution < -0.4 is 0 Å². The molecule has 2 nitrogen and oxygen atoms in total. The van der Waals surface area contributed by atoms with Gasteiger partial charge in [-0.2, -0.15) is 0 Å². The Hall–Kier alpha value is 0.130. The fourth-order valence-electron chi connectivity index (χ4n) is 1.56. The molecule has 0 radical (unpaired) electrons. The average Bonchev–Trinajstić information content (AvgIpc) is 2.30. The molecule has 1 aromatic rings. The van der Waals surface area contributed by atoms with Crippen molar-refractivity contribution in [1.29, 1.82) is 0 Å². The topological polar surface area (TPSA) is 34.1 Å². The minimum Gasteiger partial charge on any atom is -0.229 e. The summed E-state index contributed by atoms with van der Waals surface area (Å²) in [6.45, 7) is 1.69. The van der Waals surface area contributed by atoms with Gasteiger partial charge in [-0.15, -0.1) is 0 Å². The summed E-state index contributed by atoms with van der Waals surface area (Å²) >= 11 is 6.89. The first kappa shape index (κ1) is 15.2. The van der Waals surface area contributed by atoms with Gasteiger partial charge in [-0.1, -0.05) is 50.9 Å². The molecule has 0 aliphatic heterocycles. The molecule has 1 rings (SSSR count). The number of alkyl halides is 1. The number of benzene rings is 1. The maximum absolute atomic E-state index is 11.5. The van der Waals surface area contributed by atoms with Gasteiger partial charge < -0.3 is 0 Å². The molecule has 0 bridgehead atoms. The van der Waals surface area contributed by atoms with E-state index in [0.717, 1.165) is 9.80 Å². The Balaban J connectivity index is 2.73. The summed E-state index contributed by atoms with van der Waals surface area (Å²) in [6.07, 6.45) is 0.665. The first-order valence-corrected chi connectivity index (χ1v) is 9.24.